The molecule has 0 atom stereocenters. The number of nitrogen functional groups attached to an aromatic ring is 1. The summed E-state index contributed by atoms with van der Waals surface area (Å²) in [6.45, 7) is 5.05. The van der Waals surface area contributed by atoms with E-state index in [4.69, 9.17) is 11.5 Å². The number of unbranched alkanes of at least 4 members (excludes halogenated alkanes) is 1. The molecular weight excluding hydrogens is 272 g/mol. The van der Waals surface area contributed by atoms with Crippen LogP contribution in [-0.4, -0.2) is 12.5 Å². The number of rotatable bonds is 5. The maximum atomic E-state index is 11.4. The van der Waals surface area contributed by atoms with Gasteiger partial charge in [-0.25, -0.2) is 4.99 Å². The van der Waals surface area contributed by atoms with Crippen LogP contribution >= 0.6 is 11.3 Å². The van der Waals surface area contributed by atoms with Crippen molar-refractivity contribution in [3.63, 3.8) is 0 Å². The van der Waals surface area contributed by atoms with E-state index in [2.05, 4.69) is 23.3 Å². The molecule has 5 N–H and O–H groups in total. The van der Waals surface area contributed by atoms with Gasteiger partial charge in [-0.2, -0.15) is 0 Å². The van der Waals surface area contributed by atoms with Crippen LogP contribution in [0.2, 0.25) is 0 Å². The molecule has 0 saturated heterocycles. The highest BCUT2D eigenvalue weighted by Gasteiger charge is 2.15. The zero-order chi connectivity index (χ0) is 14.7. The molecule has 0 aromatic carbocycles. The number of fused-ring (bicyclic) bond motifs is 1. The zero-order valence-electron chi connectivity index (χ0n) is 11.8. The lowest BCUT2D eigenvalue weighted by Gasteiger charge is -2.04. The molecule has 0 spiro atoms. The van der Waals surface area contributed by atoms with Gasteiger partial charge in [-0.1, -0.05) is 18.9 Å². The second-order valence-electron chi connectivity index (χ2n) is 4.86. The minimum absolute atomic E-state index is 0.396. The Morgan fingerprint density at radius 1 is 1.55 bits per heavy atom. The molecular formula is C14H20N4OS. The lowest BCUT2D eigenvalue weighted by atomic mass is 10.1. The summed E-state index contributed by atoms with van der Waals surface area (Å²) in [5, 5.41) is 4.18. The van der Waals surface area contributed by atoms with Crippen molar-refractivity contribution < 1.29 is 4.79 Å². The molecule has 1 aliphatic rings. The van der Waals surface area contributed by atoms with Gasteiger partial charge < -0.3 is 16.8 Å². The predicted octanol–water partition coefficient (Wildman–Crippen LogP) is 0.854. The number of thiophene rings is 1. The summed E-state index contributed by atoms with van der Waals surface area (Å²) in [6, 6.07) is 0. The molecule has 1 aromatic heterocycles. The molecule has 0 saturated carbocycles. The van der Waals surface area contributed by atoms with Gasteiger partial charge in [0, 0.05) is 11.8 Å². The van der Waals surface area contributed by atoms with E-state index in [9.17, 15) is 4.79 Å². The van der Waals surface area contributed by atoms with E-state index in [0.717, 1.165) is 47.1 Å². The molecule has 5 nitrogen and oxygen atoms in total. The molecule has 1 amide bonds. The number of carbonyl (C=O) groups is 1. The SMILES string of the molecule is CCCCNC1=CCC(C)=c2c(N)c(C(N)=O)sc2=N1. The molecule has 20 heavy (non-hydrogen) atoms. The molecule has 0 radical (unpaired) electrons. The molecule has 2 rings (SSSR count). The molecule has 1 aromatic rings. The van der Waals surface area contributed by atoms with Crippen molar-refractivity contribution in [3.05, 3.63) is 26.7 Å². The first-order chi connectivity index (χ1) is 9.54. The highest BCUT2D eigenvalue weighted by atomic mass is 32.1. The molecule has 1 aliphatic heterocycles. The van der Waals surface area contributed by atoms with Gasteiger partial charge in [0.1, 0.15) is 15.4 Å². The number of nitrogens with two attached hydrogens (primary N) is 2. The van der Waals surface area contributed by atoms with E-state index in [-0.39, 0.29) is 0 Å². The Hall–Kier alpha value is -1.82. The van der Waals surface area contributed by atoms with Crippen molar-refractivity contribution in [1.29, 1.82) is 0 Å². The summed E-state index contributed by atoms with van der Waals surface area (Å²) < 4.78 is 0.765. The average Bonchev–Trinajstić information content (AvgIpc) is 2.63. The van der Waals surface area contributed by atoms with Crippen molar-refractivity contribution in [2.75, 3.05) is 12.3 Å². The molecule has 2 heterocycles. The number of hydrogen-bond acceptors (Lipinski definition) is 5. The van der Waals surface area contributed by atoms with E-state index in [1.165, 1.54) is 11.3 Å². The molecule has 0 unspecified atom stereocenters. The number of anilines is 1. The van der Waals surface area contributed by atoms with Gasteiger partial charge in [-0.15, -0.1) is 11.3 Å². The third-order valence-corrected chi connectivity index (χ3v) is 4.35. The van der Waals surface area contributed by atoms with Gasteiger partial charge in [-0.05, 0) is 25.8 Å². The standard InChI is InChI=1S/C14H20N4OS/c1-3-4-7-17-9-6-5-8(2)10-11(15)12(13(16)19)20-14(10)18-9/h6,17H,3-5,7,15H2,1-2H3,(H2,16,19). The van der Waals surface area contributed by atoms with E-state index in [1.54, 1.807) is 0 Å². The Bertz CT molecular complexity index is 672. The maximum absolute atomic E-state index is 11.4. The van der Waals surface area contributed by atoms with E-state index >= 15 is 0 Å². The summed E-state index contributed by atoms with van der Waals surface area (Å²) >= 11 is 1.26. The lowest BCUT2D eigenvalue weighted by Crippen LogP contribution is -2.25. The van der Waals surface area contributed by atoms with Crippen molar-refractivity contribution >= 4 is 28.5 Å². The van der Waals surface area contributed by atoms with Crippen LogP contribution in [0.5, 0.6) is 0 Å². The molecule has 0 bridgehead atoms. The smallest absolute Gasteiger partial charge is 0.260 e. The van der Waals surface area contributed by atoms with Crippen molar-refractivity contribution in [2.45, 2.75) is 33.1 Å². The second kappa shape index (κ2) is 6.09. The largest absolute Gasteiger partial charge is 0.397 e. The number of nitrogens with zero attached hydrogens (tertiary/aromatic N) is 1. The first kappa shape index (κ1) is 14.6. The van der Waals surface area contributed by atoms with Gasteiger partial charge in [0.25, 0.3) is 5.91 Å². The van der Waals surface area contributed by atoms with Crippen LogP contribution in [0.4, 0.5) is 5.69 Å². The molecule has 0 aliphatic carbocycles. The zero-order valence-corrected chi connectivity index (χ0v) is 12.6. The third kappa shape index (κ3) is 2.85. The van der Waals surface area contributed by atoms with E-state index in [1.807, 2.05) is 6.92 Å². The Morgan fingerprint density at radius 3 is 2.95 bits per heavy atom. The van der Waals surface area contributed by atoms with Crippen LogP contribution in [0.15, 0.2) is 16.9 Å². The first-order valence-corrected chi connectivity index (χ1v) is 7.56. The summed E-state index contributed by atoms with van der Waals surface area (Å²) in [5.74, 6) is 0.349. The van der Waals surface area contributed by atoms with Gasteiger partial charge in [-0.3, -0.25) is 4.79 Å². The quantitative estimate of drug-likeness (QED) is 0.702. The van der Waals surface area contributed by atoms with Crippen LogP contribution in [0, 0.1) is 0 Å². The summed E-state index contributed by atoms with van der Waals surface area (Å²) in [5.41, 5.74) is 13.0. The van der Waals surface area contributed by atoms with Crippen LogP contribution in [0.1, 0.15) is 42.8 Å². The Labute approximate surface area is 122 Å². The van der Waals surface area contributed by atoms with Crippen LogP contribution in [-0.2, 0) is 0 Å². The van der Waals surface area contributed by atoms with Crippen LogP contribution in [0.3, 0.4) is 0 Å². The molecule has 0 fully saturated rings. The number of nitrogens with one attached hydrogen (secondary N) is 1. The maximum Gasteiger partial charge on any atom is 0.260 e. The fraction of sp³-hybridized carbons (Fsp3) is 0.429. The van der Waals surface area contributed by atoms with Crippen molar-refractivity contribution in [2.24, 2.45) is 10.7 Å². The van der Waals surface area contributed by atoms with Gasteiger partial charge in [0.05, 0.1) is 5.69 Å². The van der Waals surface area contributed by atoms with E-state index in [0.29, 0.717) is 10.6 Å². The number of amides is 1. The van der Waals surface area contributed by atoms with Crippen molar-refractivity contribution in [3.8, 4) is 0 Å². The number of hydrogen-bond donors (Lipinski definition) is 3. The Morgan fingerprint density at radius 2 is 2.30 bits per heavy atom. The first-order valence-electron chi connectivity index (χ1n) is 6.75. The lowest BCUT2D eigenvalue weighted by molar-refractivity contribution is 0.100. The van der Waals surface area contributed by atoms with Gasteiger partial charge in [0.15, 0.2) is 0 Å². The van der Waals surface area contributed by atoms with E-state index < -0.39 is 5.91 Å². The minimum atomic E-state index is -0.493. The number of carbonyl (C=O) groups excluding carboxylic acids is 1. The van der Waals surface area contributed by atoms with Crippen LogP contribution in [0.25, 0.3) is 5.57 Å². The molecule has 6 heteroatoms. The topological polar surface area (TPSA) is 93.5 Å². The number of allylic oxidation sites excluding steroid dienone is 1. The third-order valence-electron chi connectivity index (χ3n) is 3.24. The van der Waals surface area contributed by atoms with Gasteiger partial charge >= 0.3 is 0 Å². The monoisotopic (exact) mass is 292 g/mol. The fourth-order valence-corrected chi connectivity index (χ4v) is 3.15. The predicted molar refractivity (Wildman–Crippen MR) is 82.7 cm³/mol. The fourth-order valence-electron chi connectivity index (χ4n) is 2.12. The summed E-state index contributed by atoms with van der Waals surface area (Å²) in [7, 11) is 0. The molecule has 108 valence electrons. The Kier molecular flexibility index (Phi) is 4.44. The van der Waals surface area contributed by atoms with Gasteiger partial charge in [0.2, 0.25) is 0 Å². The highest BCUT2D eigenvalue weighted by Crippen LogP contribution is 2.14. The average molecular weight is 292 g/mol. The Balaban J connectivity index is 2.45. The second-order valence-corrected chi connectivity index (χ2v) is 5.85. The summed E-state index contributed by atoms with van der Waals surface area (Å²) in [6.07, 6.45) is 5.06. The van der Waals surface area contributed by atoms with Crippen LogP contribution < -0.4 is 26.7 Å². The highest BCUT2D eigenvalue weighted by molar-refractivity contribution is 7.12. The number of primary amides is 1. The van der Waals surface area contributed by atoms with Crippen molar-refractivity contribution in [1.82, 2.24) is 5.32 Å². The minimum Gasteiger partial charge on any atom is -0.397 e. The normalized spacial score (nSPS) is 14.1. The summed E-state index contributed by atoms with van der Waals surface area (Å²) in [4.78, 5) is 16.4.